The van der Waals surface area contributed by atoms with Gasteiger partial charge in [-0.05, 0) is 23.8 Å². The topological polar surface area (TPSA) is 26.3 Å². The molecule has 0 saturated heterocycles. The van der Waals surface area contributed by atoms with Crippen molar-refractivity contribution in [2.45, 2.75) is 6.42 Å². The van der Waals surface area contributed by atoms with Crippen LogP contribution in [0.25, 0.3) is 0 Å². The Morgan fingerprint density at radius 1 is 0.864 bits per heavy atom. The molecular formula is C20H13O2. The van der Waals surface area contributed by atoms with Crippen LogP contribution in [0.5, 0.6) is 11.5 Å². The Hall–Kier alpha value is -2.87. The molecule has 2 heteroatoms. The number of hydrogen-bond acceptors (Lipinski definition) is 2. The highest BCUT2D eigenvalue weighted by molar-refractivity contribution is 6.09. The fraction of sp³-hybridized carbons (Fsp3) is 0.0500. The molecule has 0 saturated carbocycles. The van der Waals surface area contributed by atoms with Gasteiger partial charge in [0.1, 0.15) is 11.5 Å². The molecule has 0 unspecified atom stereocenters. The number of fused-ring (bicyclic) bond motifs is 2. The van der Waals surface area contributed by atoms with E-state index in [4.69, 9.17) is 4.74 Å². The first-order valence-corrected chi connectivity index (χ1v) is 7.22. The van der Waals surface area contributed by atoms with Crippen LogP contribution in [0.1, 0.15) is 27.0 Å². The second-order valence-corrected chi connectivity index (χ2v) is 5.30. The molecule has 0 aromatic heterocycles. The minimum absolute atomic E-state index is 0.0118. The van der Waals surface area contributed by atoms with Crippen molar-refractivity contribution >= 4 is 5.78 Å². The first kappa shape index (κ1) is 12.8. The van der Waals surface area contributed by atoms with Gasteiger partial charge in [-0.15, -0.1) is 0 Å². The normalized spacial score (nSPS) is 12.0. The Bertz CT molecular complexity index is 851. The Morgan fingerprint density at radius 2 is 1.64 bits per heavy atom. The number of carbonyl (C=O) groups excluding carboxylic acids is 1. The number of ether oxygens (including phenoxy) is 1. The van der Waals surface area contributed by atoms with E-state index >= 15 is 0 Å². The maximum atomic E-state index is 12.5. The third-order valence-electron chi connectivity index (χ3n) is 3.82. The number of benzene rings is 3. The zero-order valence-electron chi connectivity index (χ0n) is 11.9. The van der Waals surface area contributed by atoms with Gasteiger partial charge >= 0.3 is 0 Å². The maximum Gasteiger partial charge on any atom is 0.193 e. The van der Waals surface area contributed by atoms with Gasteiger partial charge in [-0.2, -0.15) is 0 Å². The van der Waals surface area contributed by atoms with Crippen LogP contribution >= 0.6 is 0 Å². The first-order chi connectivity index (χ1) is 10.8. The highest BCUT2D eigenvalue weighted by Gasteiger charge is 2.19. The molecule has 22 heavy (non-hydrogen) atoms. The van der Waals surface area contributed by atoms with E-state index in [1.165, 1.54) is 0 Å². The van der Waals surface area contributed by atoms with E-state index in [1.807, 2.05) is 60.7 Å². The van der Waals surface area contributed by atoms with Crippen molar-refractivity contribution in [3.05, 3.63) is 95.1 Å². The number of carbonyl (C=O) groups is 1. The first-order valence-electron chi connectivity index (χ1n) is 7.22. The van der Waals surface area contributed by atoms with Crippen LogP contribution in [0.4, 0.5) is 0 Å². The molecule has 105 valence electrons. The van der Waals surface area contributed by atoms with E-state index < -0.39 is 0 Å². The summed E-state index contributed by atoms with van der Waals surface area (Å²) in [4.78, 5) is 12.5. The van der Waals surface area contributed by atoms with Gasteiger partial charge in [0, 0.05) is 29.2 Å². The summed E-state index contributed by atoms with van der Waals surface area (Å²) in [5, 5.41) is 0. The summed E-state index contributed by atoms with van der Waals surface area (Å²) < 4.78 is 5.88. The number of hydrogen-bond donors (Lipinski definition) is 0. The van der Waals surface area contributed by atoms with Crippen molar-refractivity contribution in [1.29, 1.82) is 0 Å². The van der Waals surface area contributed by atoms with Gasteiger partial charge in [-0.25, -0.2) is 0 Å². The fourth-order valence-electron chi connectivity index (χ4n) is 2.69. The molecule has 0 aliphatic carbocycles. The molecule has 4 rings (SSSR count). The summed E-state index contributed by atoms with van der Waals surface area (Å²) in [6, 6.07) is 24.1. The standard InChI is InChI=1S/C20H13O2/c21-20(14-6-2-1-3-7-14)16-10-11-19-17(13-16)12-15-8-4-5-9-18(15)22-19/h1-11H,12H2. The van der Waals surface area contributed by atoms with Crippen LogP contribution in [0.3, 0.4) is 0 Å². The van der Waals surface area contributed by atoms with Crippen molar-refractivity contribution in [3.8, 4) is 11.5 Å². The zero-order chi connectivity index (χ0) is 14.9. The summed E-state index contributed by atoms with van der Waals surface area (Å²) in [5.41, 5.74) is 3.31. The monoisotopic (exact) mass is 285 g/mol. The third kappa shape index (κ3) is 2.19. The van der Waals surface area contributed by atoms with Crippen LogP contribution in [0.15, 0.2) is 66.7 Å². The van der Waals surface area contributed by atoms with Gasteiger partial charge in [0.15, 0.2) is 5.78 Å². The van der Waals surface area contributed by atoms with E-state index in [9.17, 15) is 4.79 Å². The highest BCUT2D eigenvalue weighted by Crippen LogP contribution is 2.36. The molecule has 2 nitrogen and oxygen atoms in total. The molecule has 0 bridgehead atoms. The molecule has 0 N–H and O–H groups in total. The summed E-state index contributed by atoms with van der Waals surface area (Å²) >= 11 is 0. The van der Waals surface area contributed by atoms with Crippen LogP contribution in [0.2, 0.25) is 0 Å². The van der Waals surface area contributed by atoms with Crippen molar-refractivity contribution in [1.82, 2.24) is 0 Å². The Labute approximate surface area is 129 Å². The zero-order valence-corrected chi connectivity index (χ0v) is 11.9. The lowest BCUT2D eigenvalue weighted by Crippen LogP contribution is -2.07. The predicted molar refractivity (Wildman–Crippen MR) is 84.5 cm³/mol. The minimum Gasteiger partial charge on any atom is -0.457 e. The van der Waals surface area contributed by atoms with Crippen LogP contribution in [0, 0.1) is 6.07 Å². The quantitative estimate of drug-likeness (QED) is 0.510. The van der Waals surface area contributed by atoms with Crippen molar-refractivity contribution in [3.63, 3.8) is 0 Å². The summed E-state index contributed by atoms with van der Waals surface area (Å²) in [6.07, 6.45) is 0.738. The van der Waals surface area contributed by atoms with Gasteiger partial charge < -0.3 is 4.74 Å². The molecule has 1 aliphatic rings. The lowest BCUT2D eigenvalue weighted by Gasteiger charge is -2.20. The Morgan fingerprint density at radius 3 is 2.50 bits per heavy atom. The Kier molecular flexibility index (Phi) is 3.01. The SMILES string of the molecule is O=C(c1[c]c2c(cc1)Oc1ccccc1C2)c1ccccc1. The van der Waals surface area contributed by atoms with E-state index in [0.717, 1.165) is 29.0 Å². The summed E-state index contributed by atoms with van der Waals surface area (Å²) in [6.45, 7) is 0. The van der Waals surface area contributed by atoms with Crippen LogP contribution < -0.4 is 4.74 Å². The second-order valence-electron chi connectivity index (χ2n) is 5.30. The van der Waals surface area contributed by atoms with Gasteiger partial charge in [-0.1, -0.05) is 48.5 Å². The van der Waals surface area contributed by atoms with E-state index in [0.29, 0.717) is 11.1 Å². The Balaban J connectivity index is 1.70. The molecular weight excluding hydrogens is 272 g/mol. The average Bonchev–Trinajstić information content (AvgIpc) is 2.59. The highest BCUT2D eigenvalue weighted by atomic mass is 16.5. The van der Waals surface area contributed by atoms with E-state index in [2.05, 4.69) is 6.07 Å². The van der Waals surface area contributed by atoms with Crippen molar-refractivity contribution in [2.24, 2.45) is 0 Å². The summed E-state index contributed by atoms with van der Waals surface area (Å²) in [5.74, 6) is 1.65. The average molecular weight is 285 g/mol. The van der Waals surface area contributed by atoms with E-state index in [1.54, 1.807) is 6.07 Å². The molecule has 0 fully saturated rings. The third-order valence-corrected chi connectivity index (χ3v) is 3.82. The molecule has 1 aliphatic heterocycles. The molecule has 0 spiro atoms. The number of rotatable bonds is 2. The van der Waals surface area contributed by atoms with Crippen LogP contribution in [-0.4, -0.2) is 5.78 Å². The largest absolute Gasteiger partial charge is 0.457 e. The van der Waals surface area contributed by atoms with Gasteiger partial charge in [0.05, 0.1) is 0 Å². The smallest absolute Gasteiger partial charge is 0.193 e. The number of ketones is 1. The van der Waals surface area contributed by atoms with Crippen molar-refractivity contribution < 1.29 is 9.53 Å². The lowest BCUT2D eigenvalue weighted by atomic mass is 9.95. The number of para-hydroxylation sites is 1. The molecule has 1 radical (unpaired) electrons. The molecule has 1 heterocycles. The predicted octanol–water partition coefficient (Wildman–Crippen LogP) is 4.41. The molecule has 3 aromatic carbocycles. The summed E-state index contributed by atoms with van der Waals surface area (Å²) in [7, 11) is 0. The lowest BCUT2D eigenvalue weighted by molar-refractivity contribution is 0.103. The van der Waals surface area contributed by atoms with Gasteiger partial charge in [-0.3, -0.25) is 4.79 Å². The maximum absolute atomic E-state index is 12.5. The molecule has 3 aromatic rings. The second kappa shape index (κ2) is 5.15. The fourth-order valence-corrected chi connectivity index (χ4v) is 2.69. The molecule has 0 atom stereocenters. The van der Waals surface area contributed by atoms with Gasteiger partial charge in [0.2, 0.25) is 0 Å². The van der Waals surface area contributed by atoms with E-state index in [-0.39, 0.29) is 5.78 Å². The molecule has 0 amide bonds. The van der Waals surface area contributed by atoms with Gasteiger partial charge in [0.25, 0.3) is 0 Å². The van der Waals surface area contributed by atoms with Crippen LogP contribution in [-0.2, 0) is 6.42 Å². The van der Waals surface area contributed by atoms with Crippen molar-refractivity contribution in [2.75, 3.05) is 0 Å². The minimum atomic E-state index is -0.0118.